The molecule has 0 spiro atoms. The second-order valence-electron chi connectivity index (χ2n) is 3.56. The van der Waals surface area contributed by atoms with Crippen molar-refractivity contribution in [2.75, 3.05) is 19.8 Å². The molecule has 1 heterocycles. The number of H-pyrrole nitrogens is 1. The molecule has 5 nitrogen and oxygen atoms in total. The summed E-state index contributed by atoms with van der Waals surface area (Å²) in [5.74, 6) is -0.0951. The van der Waals surface area contributed by atoms with Crippen LogP contribution in [0, 0.1) is 0 Å². The number of carbonyl (C=O) groups is 1. The summed E-state index contributed by atoms with van der Waals surface area (Å²) in [6, 6.07) is 0. The molecule has 1 aromatic rings. The topological polar surface area (TPSA) is 67.0 Å². The Morgan fingerprint density at radius 2 is 2.31 bits per heavy atom. The Morgan fingerprint density at radius 3 is 3.00 bits per heavy atom. The molecular formula is C11H19N3O2. The van der Waals surface area contributed by atoms with Gasteiger partial charge < -0.3 is 10.1 Å². The first-order valence-corrected chi connectivity index (χ1v) is 5.69. The number of hydrogen-bond donors (Lipinski definition) is 2. The molecule has 2 N–H and O–H groups in total. The van der Waals surface area contributed by atoms with Gasteiger partial charge in [-0.2, -0.15) is 5.10 Å². The van der Waals surface area contributed by atoms with Crippen LogP contribution < -0.4 is 5.32 Å². The maximum atomic E-state index is 11.4. The maximum Gasteiger partial charge on any atom is 0.254 e. The van der Waals surface area contributed by atoms with Crippen molar-refractivity contribution in [2.45, 2.75) is 26.2 Å². The van der Waals surface area contributed by atoms with E-state index in [1.807, 2.05) is 0 Å². The van der Waals surface area contributed by atoms with Crippen molar-refractivity contribution in [1.29, 1.82) is 0 Å². The molecule has 1 aromatic heterocycles. The second-order valence-corrected chi connectivity index (χ2v) is 3.56. The summed E-state index contributed by atoms with van der Waals surface area (Å²) in [5, 5.41) is 9.11. The van der Waals surface area contributed by atoms with E-state index >= 15 is 0 Å². The van der Waals surface area contributed by atoms with Crippen molar-refractivity contribution in [3.8, 4) is 0 Å². The van der Waals surface area contributed by atoms with Gasteiger partial charge in [0.25, 0.3) is 5.91 Å². The van der Waals surface area contributed by atoms with Crippen molar-refractivity contribution in [2.24, 2.45) is 0 Å². The van der Waals surface area contributed by atoms with E-state index in [2.05, 4.69) is 22.4 Å². The molecule has 0 radical (unpaired) electrons. The summed E-state index contributed by atoms with van der Waals surface area (Å²) in [6.45, 7) is 4.28. The fourth-order valence-electron chi connectivity index (χ4n) is 1.20. The third kappa shape index (κ3) is 4.93. The minimum atomic E-state index is -0.0951. The lowest BCUT2D eigenvalue weighted by atomic mass is 10.3. The summed E-state index contributed by atoms with van der Waals surface area (Å²) < 4.78 is 5.38. The Bertz CT molecular complexity index is 285. The molecule has 0 fully saturated rings. The number of aromatic amines is 1. The molecule has 1 rings (SSSR count). The molecule has 1 amide bonds. The van der Waals surface area contributed by atoms with Gasteiger partial charge in [-0.25, -0.2) is 0 Å². The lowest BCUT2D eigenvalue weighted by Gasteiger charge is -2.04. The quantitative estimate of drug-likeness (QED) is 0.656. The molecule has 90 valence electrons. The zero-order valence-electron chi connectivity index (χ0n) is 9.66. The van der Waals surface area contributed by atoms with Gasteiger partial charge in [-0.3, -0.25) is 9.89 Å². The molecule has 16 heavy (non-hydrogen) atoms. The molecular weight excluding hydrogens is 206 g/mol. The highest BCUT2D eigenvalue weighted by Crippen LogP contribution is 1.93. The molecule has 5 heteroatoms. The number of aromatic nitrogens is 2. The van der Waals surface area contributed by atoms with Crippen LogP contribution in [0.2, 0.25) is 0 Å². The van der Waals surface area contributed by atoms with Gasteiger partial charge in [0, 0.05) is 26.0 Å². The number of carbonyl (C=O) groups excluding carboxylic acids is 1. The maximum absolute atomic E-state index is 11.4. The molecule has 0 aliphatic rings. The first kappa shape index (κ1) is 12.7. The van der Waals surface area contributed by atoms with Crippen molar-refractivity contribution in [3.05, 3.63) is 18.0 Å². The van der Waals surface area contributed by atoms with Crippen molar-refractivity contribution in [3.63, 3.8) is 0 Å². The van der Waals surface area contributed by atoms with E-state index in [1.165, 1.54) is 6.20 Å². The molecule has 0 atom stereocenters. The Balaban J connectivity index is 1.97. The van der Waals surface area contributed by atoms with E-state index in [9.17, 15) is 4.79 Å². The average Bonchev–Trinajstić information content (AvgIpc) is 2.81. The summed E-state index contributed by atoms with van der Waals surface area (Å²) in [7, 11) is 0. The normalized spacial score (nSPS) is 10.3. The highest BCUT2D eigenvalue weighted by Gasteiger charge is 2.04. The van der Waals surface area contributed by atoms with E-state index in [1.54, 1.807) is 6.20 Å². The summed E-state index contributed by atoms with van der Waals surface area (Å²) in [4.78, 5) is 11.4. The first-order chi connectivity index (χ1) is 7.84. The van der Waals surface area contributed by atoms with Crippen LogP contribution in [0.15, 0.2) is 12.4 Å². The monoisotopic (exact) mass is 225 g/mol. The number of nitrogens with one attached hydrogen (secondary N) is 2. The largest absolute Gasteiger partial charge is 0.381 e. The van der Waals surface area contributed by atoms with Crippen LogP contribution in [0.1, 0.15) is 36.5 Å². The Morgan fingerprint density at radius 1 is 1.50 bits per heavy atom. The van der Waals surface area contributed by atoms with Crippen LogP contribution in [0.25, 0.3) is 0 Å². The lowest BCUT2D eigenvalue weighted by molar-refractivity contribution is 0.0940. The van der Waals surface area contributed by atoms with Crippen LogP contribution in [-0.4, -0.2) is 35.9 Å². The minimum Gasteiger partial charge on any atom is -0.381 e. The van der Waals surface area contributed by atoms with E-state index in [4.69, 9.17) is 4.74 Å². The molecule has 0 bridgehead atoms. The molecule has 0 saturated heterocycles. The highest BCUT2D eigenvalue weighted by molar-refractivity contribution is 5.93. The van der Waals surface area contributed by atoms with Crippen molar-refractivity contribution >= 4 is 5.91 Å². The van der Waals surface area contributed by atoms with Crippen molar-refractivity contribution < 1.29 is 9.53 Å². The van der Waals surface area contributed by atoms with Crippen LogP contribution >= 0.6 is 0 Å². The van der Waals surface area contributed by atoms with Crippen molar-refractivity contribution in [1.82, 2.24) is 15.5 Å². The SMILES string of the molecule is CCCCOCCCNC(=O)c1cn[nH]c1. The third-order valence-corrected chi connectivity index (χ3v) is 2.15. The van der Waals surface area contributed by atoms with Gasteiger partial charge in [0.1, 0.15) is 0 Å². The Labute approximate surface area is 95.6 Å². The summed E-state index contributed by atoms with van der Waals surface area (Å²) >= 11 is 0. The predicted molar refractivity (Wildman–Crippen MR) is 61.3 cm³/mol. The van der Waals surface area contributed by atoms with Gasteiger partial charge >= 0.3 is 0 Å². The van der Waals surface area contributed by atoms with Gasteiger partial charge in [0.05, 0.1) is 11.8 Å². The zero-order chi connectivity index (χ0) is 11.6. The van der Waals surface area contributed by atoms with E-state index in [0.29, 0.717) is 18.7 Å². The Kier molecular flexibility index (Phi) is 6.25. The number of unbranched alkanes of at least 4 members (excludes halogenated alkanes) is 1. The van der Waals surface area contributed by atoms with E-state index in [0.717, 1.165) is 25.9 Å². The standard InChI is InChI=1S/C11H19N3O2/c1-2-3-6-16-7-4-5-12-11(15)10-8-13-14-9-10/h8-9H,2-7H2,1H3,(H,12,15)(H,13,14). The van der Waals surface area contributed by atoms with Crippen LogP contribution in [0.4, 0.5) is 0 Å². The van der Waals surface area contributed by atoms with Gasteiger partial charge in [-0.05, 0) is 12.8 Å². The summed E-state index contributed by atoms with van der Waals surface area (Å²) in [6.07, 6.45) is 6.17. The fourth-order valence-corrected chi connectivity index (χ4v) is 1.20. The van der Waals surface area contributed by atoms with E-state index in [-0.39, 0.29) is 5.91 Å². The molecule has 0 saturated carbocycles. The van der Waals surface area contributed by atoms with Gasteiger partial charge in [-0.15, -0.1) is 0 Å². The number of amides is 1. The van der Waals surface area contributed by atoms with Gasteiger partial charge in [0.15, 0.2) is 0 Å². The van der Waals surface area contributed by atoms with Crippen LogP contribution in [0.3, 0.4) is 0 Å². The molecule has 0 aliphatic carbocycles. The number of rotatable bonds is 8. The van der Waals surface area contributed by atoms with Crippen LogP contribution in [0.5, 0.6) is 0 Å². The average molecular weight is 225 g/mol. The number of hydrogen-bond acceptors (Lipinski definition) is 3. The first-order valence-electron chi connectivity index (χ1n) is 5.69. The highest BCUT2D eigenvalue weighted by atomic mass is 16.5. The Hall–Kier alpha value is -1.36. The molecule has 0 aromatic carbocycles. The zero-order valence-corrected chi connectivity index (χ0v) is 9.66. The van der Waals surface area contributed by atoms with Gasteiger partial charge in [0.2, 0.25) is 0 Å². The van der Waals surface area contributed by atoms with Crippen LogP contribution in [-0.2, 0) is 4.74 Å². The summed E-state index contributed by atoms with van der Waals surface area (Å²) in [5.41, 5.74) is 0.562. The predicted octanol–water partition coefficient (Wildman–Crippen LogP) is 1.35. The third-order valence-electron chi connectivity index (χ3n) is 2.15. The smallest absolute Gasteiger partial charge is 0.254 e. The molecule has 0 unspecified atom stereocenters. The lowest BCUT2D eigenvalue weighted by Crippen LogP contribution is -2.24. The second kappa shape index (κ2) is 7.87. The van der Waals surface area contributed by atoms with Gasteiger partial charge in [-0.1, -0.05) is 13.3 Å². The number of ether oxygens (including phenoxy) is 1. The fraction of sp³-hybridized carbons (Fsp3) is 0.636. The van der Waals surface area contributed by atoms with E-state index < -0.39 is 0 Å². The number of nitrogens with zero attached hydrogens (tertiary/aromatic N) is 1. The molecule has 0 aliphatic heterocycles. The minimum absolute atomic E-state index is 0.0951.